The van der Waals surface area contributed by atoms with Gasteiger partial charge in [0, 0.05) is 13.2 Å². The van der Waals surface area contributed by atoms with E-state index in [4.69, 9.17) is 10.2 Å². The van der Waals surface area contributed by atoms with Gasteiger partial charge in [-0.2, -0.15) is 72.8 Å². The molecule has 0 fully saturated rings. The molecule has 114 valence electrons. The Morgan fingerprint density at radius 1 is 0.619 bits per heavy atom. The molecule has 0 aliphatic rings. The third kappa shape index (κ3) is 32.5. The first-order valence-electron chi connectivity index (χ1n) is 6.87. The molecule has 2 nitrogen and oxygen atoms in total. The average molecular weight is 322 g/mol. The molecule has 2 aromatic rings. The van der Waals surface area contributed by atoms with Crippen molar-refractivity contribution in [1.29, 1.82) is 0 Å². The van der Waals surface area contributed by atoms with Crippen LogP contribution in [0.1, 0.15) is 26.7 Å². The Bertz CT molecular complexity index is 235. The second kappa shape index (κ2) is 27.4. The molecule has 0 unspecified atom stereocenters. The van der Waals surface area contributed by atoms with Gasteiger partial charge in [0.25, 0.3) is 0 Å². The number of aliphatic hydroxyl groups is 2. The number of rotatable bonds is 2. The molecule has 0 heterocycles. The number of hydrogen-bond donors (Lipinski definition) is 2. The SMILES string of the molecule is CCCO.CCCO.[Ti+2].[c-]1ccccc1.[c-]1ccccc1. The van der Waals surface area contributed by atoms with Crippen LogP contribution in [0.2, 0.25) is 0 Å². The van der Waals surface area contributed by atoms with E-state index in [9.17, 15) is 0 Å². The van der Waals surface area contributed by atoms with Gasteiger partial charge in [-0.3, -0.25) is 0 Å². The largest absolute Gasteiger partial charge is 2.00 e. The van der Waals surface area contributed by atoms with Gasteiger partial charge in [-0.1, -0.05) is 13.8 Å². The second-order valence-electron chi connectivity index (χ2n) is 3.60. The Morgan fingerprint density at radius 3 is 0.905 bits per heavy atom. The van der Waals surface area contributed by atoms with Crippen LogP contribution in [0.3, 0.4) is 0 Å². The molecular weight excluding hydrogens is 296 g/mol. The van der Waals surface area contributed by atoms with Crippen molar-refractivity contribution in [2.75, 3.05) is 13.2 Å². The van der Waals surface area contributed by atoms with Gasteiger partial charge in [0.2, 0.25) is 0 Å². The fourth-order valence-corrected chi connectivity index (χ4v) is 0.684. The van der Waals surface area contributed by atoms with E-state index in [-0.39, 0.29) is 21.7 Å². The summed E-state index contributed by atoms with van der Waals surface area (Å²) in [5.41, 5.74) is 0. The van der Waals surface area contributed by atoms with Crippen molar-refractivity contribution in [3.8, 4) is 0 Å². The van der Waals surface area contributed by atoms with Crippen molar-refractivity contribution >= 4 is 0 Å². The molecule has 0 amide bonds. The maximum atomic E-state index is 7.88. The zero-order chi connectivity index (χ0) is 15.3. The summed E-state index contributed by atoms with van der Waals surface area (Å²) in [6.45, 7) is 4.50. The summed E-state index contributed by atoms with van der Waals surface area (Å²) in [4.78, 5) is 0. The molecule has 0 spiro atoms. The molecule has 0 aliphatic carbocycles. The van der Waals surface area contributed by atoms with E-state index in [2.05, 4.69) is 12.1 Å². The van der Waals surface area contributed by atoms with Gasteiger partial charge in [0.1, 0.15) is 0 Å². The van der Waals surface area contributed by atoms with Crippen molar-refractivity contribution in [2.24, 2.45) is 0 Å². The van der Waals surface area contributed by atoms with E-state index in [1.807, 2.05) is 74.5 Å². The van der Waals surface area contributed by atoms with Crippen LogP contribution in [-0.4, -0.2) is 23.4 Å². The van der Waals surface area contributed by atoms with Gasteiger partial charge in [0.05, 0.1) is 0 Å². The quantitative estimate of drug-likeness (QED) is 0.653. The number of hydrogen-bond acceptors (Lipinski definition) is 2. The average Bonchev–Trinajstić information content (AvgIpc) is 2.59. The summed E-state index contributed by atoms with van der Waals surface area (Å²) in [5.74, 6) is 0. The van der Waals surface area contributed by atoms with Crippen LogP contribution in [0.5, 0.6) is 0 Å². The van der Waals surface area contributed by atoms with Gasteiger partial charge in [0.15, 0.2) is 0 Å². The Morgan fingerprint density at radius 2 is 0.857 bits per heavy atom. The number of aliphatic hydroxyl groups excluding tert-OH is 2. The smallest absolute Gasteiger partial charge is 0.396 e. The van der Waals surface area contributed by atoms with Crippen LogP contribution in [0.4, 0.5) is 0 Å². The molecule has 0 saturated heterocycles. The maximum Gasteiger partial charge on any atom is 2.00 e. The molecule has 0 saturated carbocycles. The predicted octanol–water partition coefficient (Wildman–Crippen LogP) is 3.75. The molecule has 2 N–H and O–H groups in total. The zero-order valence-corrected chi connectivity index (χ0v) is 14.6. The van der Waals surface area contributed by atoms with E-state index >= 15 is 0 Å². The Kier molecular flexibility index (Phi) is 32.7. The third-order valence-corrected chi connectivity index (χ3v) is 1.66. The molecule has 0 aromatic heterocycles. The molecule has 0 bridgehead atoms. The summed E-state index contributed by atoms with van der Waals surface area (Å²) in [7, 11) is 0. The fourth-order valence-electron chi connectivity index (χ4n) is 0.684. The van der Waals surface area contributed by atoms with Gasteiger partial charge >= 0.3 is 21.7 Å². The van der Waals surface area contributed by atoms with Crippen LogP contribution in [0.25, 0.3) is 0 Å². The van der Waals surface area contributed by atoms with Crippen LogP contribution in [0.15, 0.2) is 60.7 Å². The van der Waals surface area contributed by atoms with Gasteiger partial charge in [-0.15, -0.1) is 0 Å². The molecule has 0 aliphatic heterocycles. The van der Waals surface area contributed by atoms with Crippen LogP contribution in [0, 0.1) is 12.1 Å². The summed E-state index contributed by atoms with van der Waals surface area (Å²) < 4.78 is 0. The van der Waals surface area contributed by atoms with Crippen LogP contribution in [-0.2, 0) is 21.7 Å². The Labute approximate surface area is 144 Å². The molecule has 2 aromatic carbocycles. The second-order valence-corrected chi connectivity index (χ2v) is 3.60. The van der Waals surface area contributed by atoms with Gasteiger partial charge in [-0.05, 0) is 12.8 Å². The van der Waals surface area contributed by atoms with Crippen molar-refractivity contribution in [3.63, 3.8) is 0 Å². The summed E-state index contributed by atoms with van der Waals surface area (Å²) in [6, 6.07) is 25.0. The first kappa shape index (κ1) is 25.1. The van der Waals surface area contributed by atoms with E-state index < -0.39 is 0 Å². The third-order valence-electron chi connectivity index (χ3n) is 1.66. The maximum absolute atomic E-state index is 7.88. The zero-order valence-electron chi connectivity index (χ0n) is 13.0. The van der Waals surface area contributed by atoms with Crippen molar-refractivity contribution < 1.29 is 31.9 Å². The first-order valence-corrected chi connectivity index (χ1v) is 6.87. The van der Waals surface area contributed by atoms with Crippen molar-refractivity contribution in [3.05, 3.63) is 72.8 Å². The van der Waals surface area contributed by atoms with E-state index in [0.717, 1.165) is 12.8 Å². The predicted molar refractivity (Wildman–Crippen MR) is 85.3 cm³/mol. The van der Waals surface area contributed by atoms with Crippen molar-refractivity contribution in [1.82, 2.24) is 0 Å². The summed E-state index contributed by atoms with van der Waals surface area (Å²) in [6.07, 6.45) is 1.75. The van der Waals surface area contributed by atoms with Crippen LogP contribution >= 0.6 is 0 Å². The van der Waals surface area contributed by atoms with Gasteiger partial charge < -0.3 is 10.2 Å². The topological polar surface area (TPSA) is 40.5 Å². The van der Waals surface area contributed by atoms with Gasteiger partial charge in [-0.25, -0.2) is 0 Å². The Hall–Kier alpha value is -0.926. The monoisotopic (exact) mass is 322 g/mol. The van der Waals surface area contributed by atoms with E-state index in [1.165, 1.54) is 0 Å². The van der Waals surface area contributed by atoms with Crippen molar-refractivity contribution in [2.45, 2.75) is 26.7 Å². The molecule has 21 heavy (non-hydrogen) atoms. The molecule has 0 radical (unpaired) electrons. The first-order chi connectivity index (χ1) is 9.83. The van der Waals surface area contributed by atoms with E-state index in [0.29, 0.717) is 13.2 Å². The van der Waals surface area contributed by atoms with Crippen LogP contribution < -0.4 is 0 Å². The molecule has 3 heteroatoms. The standard InChI is InChI=1S/2C6H5.2C3H8O.Ti/c2*1-2-4-6-5-3-1;2*1-2-3-4;/h2*1-5H;2*4H,2-3H2,1H3;/q2*-1;;;+2. The summed E-state index contributed by atoms with van der Waals surface area (Å²) in [5, 5.41) is 15.8. The molecule has 2 rings (SSSR count). The minimum atomic E-state index is 0. The molecule has 0 atom stereocenters. The summed E-state index contributed by atoms with van der Waals surface area (Å²) >= 11 is 0. The Balaban J connectivity index is -0.000000208. The normalized spacial score (nSPS) is 7.43. The minimum absolute atomic E-state index is 0. The fraction of sp³-hybridized carbons (Fsp3) is 0.333. The molecular formula is C18H26O2Ti. The van der Waals surface area contributed by atoms with E-state index in [1.54, 1.807) is 0 Å². The number of benzene rings is 2. The minimum Gasteiger partial charge on any atom is -0.396 e.